The largest absolute Gasteiger partial charge is 0.504 e. The minimum Gasteiger partial charge on any atom is -0.504 e. The number of phenols is 1. The molecule has 2 rings (SSSR count). The second-order valence-corrected chi connectivity index (χ2v) is 7.25. The van der Waals surface area contributed by atoms with Gasteiger partial charge in [-0.05, 0) is 31.5 Å². The van der Waals surface area contributed by atoms with Crippen LogP contribution in [0.4, 0.5) is 0 Å². The molecule has 1 radical (unpaired) electrons. The zero-order valence-electron chi connectivity index (χ0n) is 14.5. The number of aromatic hydroxyl groups is 1. The molecular weight excluding hydrogens is 336 g/mol. The Balaban J connectivity index is 1.98. The van der Waals surface area contributed by atoms with Crippen LogP contribution in [0.25, 0.3) is 0 Å². The van der Waals surface area contributed by atoms with E-state index < -0.39 is 9.28 Å². The van der Waals surface area contributed by atoms with Crippen LogP contribution in [0, 0.1) is 0 Å². The summed E-state index contributed by atoms with van der Waals surface area (Å²) in [5.74, 6) is -0.0485. The fourth-order valence-corrected chi connectivity index (χ4v) is 3.58. The standard InChI is InChI=1S/C19H23O5Si/c1-3-24-25(22-2)14-8-13-23-17-12-7-11-16(19(17)21)18(20)15-9-5-4-6-10-15/h4-7,9-12,21H,3,8,13-14H2,1-2H3. The first kappa shape index (κ1) is 19.2. The second-order valence-electron chi connectivity index (χ2n) is 5.31. The first-order valence-corrected chi connectivity index (χ1v) is 9.76. The molecule has 0 unspecified atom stereocenters. The van der Waals surface area contributed by atoms with Crippen molar-refractivity contribution in [3.8, 4) is 11.5 Å². The zero-order valence-corrected chi connectivity index (χ0v) is 15.5. The maximum Gasteiger partial charge on any atom is 0.384 e. The normalized spacial score (nSPS) is 10.8. The van der Waals surface area contributed by atoms with E-state index in [1.54, 1.807) is 49.6 Å². The molecule has 0 heterocycles. The van der Waals surface area contributed by atoms with E-state index in [2.05, 4.69) is 0 Å². The van der Waals surface area contributed by atoms with Gasteiger partial charge in [0.15, 0.2) is 17.3 Å². The zero-order chi connectivity index (χ0) is 18.1. The number of benzene rings is 2. The number of hydrogen-bond acceptors (Lipinski definition) is 5. The predicted molar refractivity (Wildman–Crippen MR) is 97.3 cm³/mol. The third kappa shape index (κ3) is 5.42. The van der Waals surface area contributed by atoms with Crippen molar-refractivity contribution in [1.29, 1.82) is 0 Å². The molecule has 0 aliphatic carbocycles. The summed E-state index contributed by atoms with van der Waals surface area (Å²) in [5, 5.41) is 10.4. The highest BCUT2D eigenvalue weighted by Crippen LogP contribution is 2.31. The minimum absolute atomic E-state index is 0.126. The van der Waals surface area contributed by atoms with Crippen LogP contribution >= 0.6 is 0 Å². The second kappa shape index (κ2) is 9.98. The molecule has 0 fully saturated rings. The van der Waals surface area contributed by atoms with E-state index in [0.717, 1.165) is 12.5 Å². The Morgan fingerprint density at radius 2 is 1.88 bits per heavy atom. The van der Waals surface area contributed by atoms with Crippen LogP contribution in [0.1, 0.15) is 29.3 Å². The van der Waals surface area contributed by atoms with Crippen molar-refractivity contribution >= 4 is 15.1 Å². The number of para-hydroxylation sites is 1. The minimum atomic E-state index is -1.25. The van der Waals surface area contributed by atoms with E-state index in [9.17, 15) is 9.90 Å². The van der Waals surface area contributed by atoms with E-state index in [1.165, 1.54) is 0 Å². The number of ketones is 1. The van der Waals surface area contributed by atoms with Crippen LogP contribution in [0.2, 0.25) is 6.04 Å². The van der Waals surface area contributed by atoms with Crippen LogP contribution in [-0.2, 0) is 8.85 Å². The summed E-state index contributed by atoms with van der Waals surface area (Å²) in [4.78, 5) is 12.5. The highest BCUT2D eigenvalue weighted by Gasteiger charge is 2.17. The molecule has 5 nitrogen and oxygen atoms in total. The molecule has 0 aromatic heterocycles. The molecular formula is C19H23O5Si. The van der Waals surface area contributed by atoms with E-state index in [0.29, 0.717) is 24.5 Å². The van der Waals surface area contributed by atoms with Gasteiger partial charge in [-0.25, -0.2) is 0 Å². The summed E-state index contributed by atoms with van der Waals surface area (Å²) in [7, 11) is 0.396. The molecule has 0 aliphatic rings. The molecule has 1 N–H and O–H groups in total. The molecule has 133 valence electrons. The maximum absolute atomic E-state index is 12.5. The van der Waals surface area contributed by atoms with Crippen molar-refractivity contribution in [2.45, 2.75) is 19.4 Å². The van der Waals surface area contributed by atoms with E-state index in [4.69, 9.17) is 13.6 Å². The lowest BCUT2D eigenvalue weighted by Crippen LogP contribution is -2.21. The van der Waals surface area contributed by atoms with Crippen molar-refractivity contribution in [2.75, 3.05) is 20.3 Å². The number of carbonyl (C=O) groups excluding carboxylic acids is 1. The fraction of sp³-hybridized carbons (Fsp3) is 0.316. The molecule has 0 spiro atoms. The topological polar surface area (TPSA) is 65.0 Å². The van der Waals surface area contributed by atoms with Gasteiger partial charge in [0.05, 0.1) is 12.2 Å². The van der Waals surface area contributed by atoms with Crippen molar-refractivity contribution in [3.63, 3.8) is 0 Å². The smallest absolute Gasteiger partial charge is 0.384 e. The quantitative estimate of drug-likeness (QED) is 0.399. The van der Waals surface area contributed by atoms with Gasteiger partial charge in [-0.1, -0.05) is 36.4 Å². The number of carbonyl (C=O) groups is 1. The lowest BCUT2D eigenvalue weighted by molar-refractivity contribution is 0.103. The average Bonchev–Trinajstić information content (AvgIpc) is 2.65. The Morgan fingerprint density at radius 3 is 2.56 bits per heavy atom. The van der Waals surface area contributed by atoms with Crippen LogP contribution < -0.4 is 4.74 Å². The van der Waals surface area contributed by atoms with Gasteiger partial charge >= 0.3 is 9.28 Å². The van der Waals surface area contributed by atoms with Gasteiger partial charge in [0.2, 0.25) is 0 Å². The monoisotopic (exact) mass is 359 g/mol. The summed E-state index contributed by atoms with van der Waals surface area (Å²) in [6.07, 6.45) is 0.748. The Kier molecular flexibility index (Phi) is 7.65. The lowest BCUT2D eigenvalue weighted by Gasteiger charge is -2.13. The van der Waals surface area contributed by atoms with Gasteiger partial charge in [0, 0.05) is 19.3 Å². The Labute approximate surface area is 150 Å². The first-order valence-electron chi connectivity index (χ1n) is 8.24. The third-order valence-corrected chi connectivity index (χ3v) is 5.42. The summed E-state index contributed by atoms with van der Waals surface area (Å²) < 4.78 is 16.4. The lowest BCUT2D eigenvalue weighted by atomic mass is 10.0. The molecule has 0 bridgehead atoms. The van der Waals surface area contributed by atoms with Gasteiger partial charge in [0.25, 0.3) is 0 Å². The van der Waals surface area contributed by atoms with Crippen molar-refractivity contribution in [1.82, 2.24) is 0 Å². The Bertz CT molecular complexity index is 675. The van der Waals surface area contributed by atoms with Gasteiger partial charge in [-0.3, -0.25) is 4.79 Å². The van der Waals surface area contributed by atoms with Gasteiger partial charge < -0.3 is 18.7 Å². The number of ether oxygens (including phenoxy) is 1. The van der Waals surface area contributed by atoms with E-state index in [1.807, 2.05) is 13.0 Å². The number of rotatable bonds is 10. The third-order valence-electron chi connectivity index (χ3n) is 3.60. The van der Waals surface area contributed by atoms with Crippen molar-refractivity contribution in [2.24, 2.45) is 0 Å². The molecule has 6 heteroatoms. The summed E-state index contributed by atoms with van der Waals surface area (Å²) in [6, 6.07) is 14.6. The maximum atomic E-state index is 12.5. The Hall–Kier alpha value is -2.15. The van der Waals surface area contributed by atoms with Gasteiger partial charge in [0.1, 0.15) is 0 Å². The Morgan fingerprint density at radius 1 is 1.12 bits per heavy atom. The average molecular weight is 359 g/mol. The van der Waals surface area contributed by atoms with Crippen molar-refractivity contribution < 1.29 is 23.5 Å². The molecule has 0 saturated heterocycles. The molecule has 0 saturated carbocycles. The summed E-state index contributed by atoms with van der Waals surface area (Å²) >= 11 is 0. The SMILES string of the molecule is CCO[Si](CCCOc1cccc(C(=O)c2ccccc2)c1O)OC. The molecule has 0 atom stereocenters. The first-order chi connectivity index (χ1) is 12.2. The van der Waals surface area contributed by atoms with Crippen LogP contribution in [0.5, 0.6) is 11.5 Å². The van der Waals surface area contributed by atoms with Crippen molar-refractivity contribution in [3.05, 3.63) is 59.7 Å². The summed E-state index contributed by atoms with van der Waals surface area (Å²) in [5.41, 5.74) is 0.763. The van der Waals surface area contributed by atoms with Gasteiger partial charge in [-0.2, -0.15) is 0 Å². The molecule has 0 aliphatic heterocycles. The molecule has 25 heavy (non-hydrogen) atoms. The van der Waals surface area contributed by atoms with E-state index in [-0.39, 0.29) is 17.1 Å². The predicted octanol–water partition coefficient (Wildman–Crippen LogP) is 3.56. The summed E-state index contributed by atoms with van der Waals surface area (Å²) in [6.45, 7) is 2.99. The number of hydrogen-bond donors (Lipinski definition) is 1. The fourth-order valence-electron chi connectivity index (χ4n) is 2.36. The van der Waals surface area contributed by atoms with Gasteiger partial charge in [-0.15, -0.1) is 0 Å². The highest BCUT2D eigenvalue weighted by molar-refractivity contribution is 6.44. The molecule has 0 amide bonds. The molecule has 2 aromatic carbocycles. The van der Waals surface area contributed by atoms with Crippen LogP contribution in [0.3, 0.4) is 0 Å². The number of phenolic OH excluding ortho intramolecular Hbond substituents is 1. The van der Waals surface area contributed by atoms with Crippen LogP contribution in [0.15, 0.2) is 48.5 Å². The highest BCUT2D eigenvalue weighted by atomic mass is 28.3. The van der Waals surface area contributed by atoms with E-state index >= 15 is 0 Å². The van der Waals surface area contributed by atoms with Crippen LogP contribution in [-0.4, -0.2) is 40.5 Å². The molecule has 2 aromatic rings.